The molecule has 0 amide bonds. The van der Waals surface area contributed by atoms with Crippen molar-refractivity contribution < 1.29 is 14.3 Å². The van der Waals surface area contributed by atoms with Crippen molar-refractivity contribution in [3.05, 3.63) is 119 Å². The Kier molecular flexibility index (Phi) is 5.83. The predicted octanol–water partition coefficient (Wildman–Crippen LogP) is 6.49. The van der Waals surface area contributed by atoms with Crippen LogP contribution < -0.4 is 10.2 Å². The number of carbonyl (C=O) groups is 2. The zero-order chi connectivity index (χ0) is 23.5. The summed E-state index contributed by atoms with van der Waals surface area (Å²) < 4.78 is 5.29. The fraction of sp³-hybridized carbons (Fsp3) is 0.103. The Morgan fingerprint density at radius 1 is 0.794 bits per heavy atom. The first-order chi connectivity index (χ1) is 16.7. The lowest BCUT2D eigenvalue weighted by Gasteiger charge is -2.35. The molecule has 0 radical (unpaired) electrons. The number of rotatable bonds is 6. The largest absolute Gasteiger partial charge is 0.462 e. The van der Waals surface area contributed by atoms with Crippen LogP contribution in [-0.4, -0.2) is 18.4 Å². The number of benzene rings is 4. The summed E-state index contributed by atoms with van der Waals surface area (Å²) in [6, 6.07) is 30.6. The van der Waals surface area contributed by atoms with Gasteiger partial charge in [-0.15, -0.1) is 0 Å². The van der Waals surface area contributed by atoms with Gasteiger partial charge in [-0.05, 0) is 42.8 Å². The first-order valence-electron chi connectivity index (χ1n) is 11.3. The molecule has 1 aliphatic rings. The molecule has 0 aliphatic carbocycles. The molecule has 168 valence electrons. The van der Waals surface area contributed by atoms with Crippen molar-refractivity contribution in [2.24, 2.45) is 0 Å². The molecular weight excluding hydrogens is 424 g/mol. The second kappa shape index (κ2) is 9.24. The van der Waals surface area contributed by atoms with E-state index >= 15 is 0 Å². The van der Waals surface area contributed by atoms with Crippen molar-refractivity contribution in [1.29, 1.82) is 0 Å². The van der Waals surface area contributed by atoms with Gasteiger partial charge in [-0.1, -0.05) is 66.7 Å². The van der Waals surface area contributed by atoms with Crippen LogP contribution >= 0.6 is 0 Å². The second-order valence-corrected chi connectivity index (χ2v) is 8.04. The maximum Gasteiger partial charge on any atom is 0.340 e. The average molecular weight is 449 g/mol. The molecule has 4 aromatic rings. The summed E-state index contributed by atoms with van der Waals surface area (Å²) in [5.41, 5.74) is 6.09. The molecule has 4 aromatic carbocycles. The third-order valence-corrected chi connectivity index (χ3v) is 5.86. The van der Waals surface area contributed by atoms with Crippen LogP contribution in [0.5, 0.6) is 0 Å². The minimum atomic E-state index is -0.370. The zero-order valence-corrected chi connectivity index (χ0v) is 18.8. The minimum absolute atomic E-state index is 0.0332. The van der Waals surface area contributed by atoms with Crippen LogP contribution in [-0.2, 0) is 11.3 Å². The molecule has 0 saturated carbocycles. The first-order valence-corrected chi connectivity index (χ1v) is 11.3. The van der Waals surface area contributed by atoms with E-state index in [9.17, 15) is 9.59 Å². The molecule has 5 heteroatoms. The van der Waals surface area contributed by atoms with Gasteiger partial charge in [0.2, 0.25) is 0 Å². The van der Waals surface area contributed by atoms with Crippen molar-refractivity contribution in [3.8, 4) is 0 Å². The third kappa shape index (κ3) is 4.04. The Morgan fingerprint density at radius 2 is 1.53 bits per heavy atom. The molecule has 0 bridgehead atoms. The Morgan fingerprint density at radius 3 is 2.26 bits per heavy atom. The fourth-order valence-corrected chi connectivity index (χ4v) is 4.23. The molecule has 34 heavy (non-hydrogen) atoms. The van der Waals surface area contributed by atoms with Gasteiger partial charge in [0.05, 0.1) is 34.9 Å². The van der Waals surface area contributed by atoms with Gasteiger partial charge in [-0.2, -0.15) is 0 Å². The van der Waals surface area contributed by atoms with Crippen LogP contribution in [0.15, 0.2) is 97.1 Å². The molecule has 1 N–H and O–H groups in total. The molecule has 0 spiro atoms. The molecule has 1 heterocycles. The summed E-state index contributed by atoms with van der Waals surface area (Å²) in [7, 11) is 0. The van der Waals surface area contributed by atoms with Gasteiger partial charge in [0.25, 0.3) is 0 Å². The second-order valence-electron chi connectivity index (χ2n) is 8.04. The van der Waals surface area contributed by atoms with E-state index in [-0.39, 0.29) is 11.8 Å². The predicted molar refractivity (Wildman–Crippen MR) is 134 cm³/mol. The van der Waals surface area contributed by atoms with Gasteiger partial charge in [0, 0.05) is 17.7 Å². The van der Waals surface area contributed by atoms with E-state index in [4.69, 9.17) is 4.74 Å². The van der Waals surface area contributed by atoms with Crippen molar-refractivity contribution >= 4 is 34.5 Å². The topological polar surface area (TPSA) is 58.6 Å². The van der Waals surface area contributed by atoms with Gasteiger partial charge in [-0.25, -0.2) is 4.79 Å². The monoisotopic (exact) mass is 448 g/mol. The van der Waals surface area contributed by atoms with Crippen LogP contribution in [0, 0.1) is 0 Å². The average Bonchev–Trinajstić information content (AvgIpc) is 2.89. The summed E-state index contributed by atoms with van der Waals surface area (Å²) >= 11 is 0. The van der Waals surface area contributed by atoms with Crippen LogP contribution in [0.3, 0.4) is 0 Å². The van der Waals surface area contributed by atoms with Crippen LogP contribution in [0.1, 0.15) is 38.8 Å². The summed E-state index contributed by atoms with van der Waals surface area (Å²) in [6.07, 6.45) is 0. The van der Waals surface area contributed by atoms with Crippen LogP contribution in [0.4, 0.5) is 22.7 Å². The Hall–Kier alpha value is -4.38. The molecule has 0 atom stereocenters. The molecule has 5 rings (SSSR count). The van der Waals surface area contributed by atoms with E-state index in [1.807, 2.05) is 78.9 Å². The number of esters is 1. The summed E-state index contributed by atoms with van der Waals surface area (Å²) in [5, 5.41) is 3.42. The smallest absolute Gasteiger partial charge is 0.340 e. The number of ether oxygens (including phenoxy) is 1. The van der Waals surface area contributed by atoms with Gasteiger partial charge in [-0.3, -0.25) is 4.79 Å². The van der Waals surface area contributed by atoms with Crippen molar-refractivity contribution in [3.63, 3.8) is 0 Å². The Labute approximate surface area is 198 Å². The van der Waals surface area contributed by atoms with E-state index in [1.165, 1.54) is 0 Å². The van der Waals surface area contributed by atoms with Gasteiger partial charge < -0.3 is 15.0 Å². The van der Waals surface area contributed by atoms with Crippen molar-refractivity contribution in [2.75, 3.05) is 16.8 Å². The molecule has 0 aromatic heterocycles. The van der Waals surface area contributed by atoms with Crippen molar-refractivity contribution in [2.45, 2.75) is 13.5 Å². The number of fused-ring (bicyclic) bond motifs is 2. The number of ketones is 1. The SMILES string of the molecule is CCOC(=O)c1cccc2c1Nc1ccc(C(=O)c3ccccc3)cc1N2Cc1ccccc1. The minimum Gasteiger partial charge on any atom is -0.462 e. The molecule has 0 saturated heterocycles. The first kappa shape index (κ1) is 21.5. The third-order valence-electron chi connectivity index (χ3n) is 5.86. The van der Waals surface area contributed by atoms with E-state index < -0.39 is 0 Å². The van der Waals surface area contributed by atoms with Gasteiger partial charge in [0.15, 0.2) is 5.78 Å². The lowest BCUT2D eigenvalue weighted by atomic mass is 9.99. The van der Waals surface area contributed by atoms with E-state index in [1.54, 1.807) is 13.0 Å². The van der Waals surface area contributed by atoms with E-state index in [2.05, 4.69) is 22.3 Å². The highest BCUT2D eigenvalue weighted by atomic mass is 16.5. The van der Waals surface area contributed by atoms with Gasteiger partial charge in [0.1, 0.15) is 0 Å². The van der Waals surface area contributed by atoms with E-state index in [0.717, 1.165) is 22.6 Å². The highest BCUT2D eigenvalue weighted by molar-refractivity contribution is 6.11. The maximum atomic E-state index is 13.2. The molecule has 5 nitrogen and oxygen atoms in total. The molecule has 0 unspecified atom stereocenters. The quantitative estimate of drug-likeness (QED) is 0.270. The normalized spacial score (nSPS) is 11.7. The number of anilines is 4. The lowest BCUT2D eigenvalue weighted by Crippen LogP contribution is -2.24. The summed E-state index contributed by atoms with van der Waals surface area (Å²) in [5.74, 6) is -0.403. The highest BCUT2D eigenvalue weighted by Gasteiger charge is 2.28. The standard InChI is InChI=1S/C29H24N2O3/c1-2-34-29(33)23-14-9-15-25-27(23)30-24-17-16-22(28(32)21-12-7-4-8-13-21)18-26(24)31(25)19-20-10-5-3-6-11-20/h3-18,30H,2,19H2,1H3. The Bertz CT molecular complexity index is 1350. The number of para-hydroxylation sites is 1. The highest BCUT2D eigenvalue weighted by Crippen LogP contribution is 2.46. The summed E-state index contributed by atoms with van der Waals surface area (Å²) in [6.45, 7) is 2.68. The number of nitrogens with one attached hydrogen (secondary N) is 1. The lowest BCUT2D eigenvalue weighted by molar-refractivity contribution is 0.0527. The number of carbonyl (C=O) groups excluding carboxylic acids is 2. The Balaban J connectivity index is 1.62. The zero-order valence-electron chi connectivity index (χ0n) is 18.8. The van der Waals surface area contributed by atoms with Crippen molar-refractivity contribution in [1.82, 2.24) is 0 Å². The fourth-order valence-electron chi connectivity index (χ4n) is 4.23. The number of nitrogens with zero attached hydrogens (tertiary/aromatic N) is 1. The van der Waals surface area contributed by atoms with Crippen LogP contribution in [0.2, 0.25) is 0 Å². The number of hydrogen-bond donors (Lipinski definition) is 1. The number of hydrogen-bond acceptors (Lipinski definition) is 5. The van der Waals surface area contributed by atoms with E-state index in [0.29, 0.717) is 35.5 Å². The summed E-state index contributed by atoms with van der Waals surface area (Å²) in [4.78, 5) is 28.0. The molecule has 0 fully saturated rings. The molecular formula is C29H24N2O3. The molecule has 1 aliphatic heterocycles. The van der Waals surface area contributed by atoms with Crippen LogP contribution in [0.25, 0.3) is 0 Å². The maximum absolute atomic E-state index is 13.2. The van der Waals surface area contributed by atoms with Gasteiger partial charge >= 0.3 is 5.97 Å².